The summed E-state index contributed by atoms with van der Waals surface area (Å²) in [5.41, 5.74) is 0.699. The van der Waals surface area contributed by atoms with E-state index in [2.05, 4.69) is 10.4 Å². The summed E-state index contributed by atoms with van der Waals surface area (Å²) in [6, 6.07) is 16.4. The van der Waals surface area contributed by atoms with E-state index in [0.717, 1.165) is 33.2 Å². The Morgan fingerprint density at radius 2 is 1.86 bits per heavy atom. The van der Waals surface area contributed by atoms with E-state index in [9.17, 15) is 14.4 Å². The summed E-state index contributed by atoms with van der Waals surface area (Å²) in [5, 5.41) is 6.91. The third-order valence-electron chi connectivity index (χ3n) is 4.95. The Labute approximate surface area is 167 Å². The maximum Gasteiger partial charge on any atom is 0.352 e. The van der Waals surface area contributed by atoms with Gasteiger partial charge in [0.25, 0.3) is 11.5 Å². The zero-order valence-corrected chi connectivity index (χ0v) is 16.2. The van der Waals surface area contributed by atoms with Gasteiger partial charge in [0.1, 0.15) is 0 Å². The highest BCUT2D eigenvalue weighted by atomic mass is 16.2. The Balaban J connectivity index is 1.82. The van der Waals surface area contributed by atoms with Crippen LogP contribution in [0, 0.1) is 12.8 Å². The standard InChI is InChI=1S/C22H22N4O3/c1-15-6-5-9-18(12-15)26-22(29)25(14-17-7-3-2-4-8-17)21(28)19(24-26)20(27)23-13-16-10-11-16/h2-9,12,16H,10-11,13-14H2,1H3,(H,23,27). The highest BCUT2D eigenvalue weighted by Crippen LogP contribution is 2.27. The monoisotopic (exact) mass is 390 g/mol. The van der Waals surface area contributed by atoms with Crippen LogP contribution in [-0.2, 0) is 6.54 Å². The van der Waals surface area contributed by atoms with Crippen LogP contribution in [0.4, 0.5) is 0 Å². The summed E-state index contributed by atoms with van der Waals surface area (Å²) in [4.78, 5) is 38.7. The highest BCUT2D eigenvalue weighted by Gasteiger charge is 2.25. The lowest BCUT2D eigenvalue weighted by Crippen LogP contribution is -2.46. The van der Waals surface area contributed by atoms with Crippen LogP contribution in [0.1, 0.15) is 34.5 Å². The average Bonchev–Trinajstić information content (AvgIpc) is 3.55. The molecule has 0 spiro atoms. The molecule has 1 saturated carbocycles. The van der Waals surface area contributed by atoms with E-state index in [0.29, 0.717) is 18.2 Å². The van der Waals surface area contributed by atoms with Crippen molar-refractivity contribution in [2.75, 3.05) is 6.54 Å². The van der Waals surface area contributed by atoms with Crippen LogP contribution in [0.3, 0.4) is 0 Å². The second-order valence-corrected chi connectivity index (χ2v) is 7.41. The Kier molecular flexibility index (Phi) is 5.12. The summed E-state index contributed by atoms with van der Waals surface area (Å²) < 4.78 is 2.19. The van der Waals surface area contributed by atoms with Crippen molar-refractivity contribution in [1.82, 2.24) is 19.7 Å². The topological polar surface area (TPSA) is 86.0 Å². The van der Waals surface area contributed by atoms with Gasteiger partial charge in [-0.3, -0.25) is 14.2 Å². The van der Waals surface area contributed by atoms with Gasteiger partial charge in [-0.25, -0.2) is 4.79 Å². The zero-order chi connectivity index (χ0) is 20.4. The quantitative estimate of drug-likeness (QED) is 0.696. The van der Waals surface area contributed by atoms with E-state index in [1.54, 1.807) is 18.2 Å². The molecule has 7 nitrogen and oxygen atoms in total. The number of carbonyl (C=O) groups excluding carboxylic acids is 1. The molecular weight excluding hydrogens is 368 g/mol. The van der Waals surface area contributed by atoms with Crippen molar-refractivity contribution >= 4 is 5.91 Å². The number of nitrogens with one attached hydrogen (secondary N) is 1. The van der Waals surface area contributed by atoms with Gasteiger partial charge < -0.3 is 5.32 Å². The first-order valence-corrected chi connectivity index (χ1v) is 9.66. The number of hydrogen-bond donors (Lipinski definition) is 1. The first-order chi connectivity index (χ1) is 14.0. The number of carbonyl (C=O) groups is 1. The van der Waals surface area contributed by atoms with Gasteiger partial charge in [-0.15, -0.1) is 0 Å². The lowest BCUT2D eigenvalue weighted by molar-refractivity contribution is 0.0942. The molecule has 1 aliphatic carbocycles. The van der Waals surface area contributed by atoms with Crippen molar-refractivity contribution in [3.8, 4) is 5.69 Å². The summed E-state index contributed by atoms with van der Waals surface area (Å²) in [6.07, 6.45) is 2.16. The van der Waals surface area contributed by atoms with E-state index >= 15 is 0 Å². The molecule has 0 bridgehead atoms. The minimum atomic E-state index is -0.684. The van der Waals surface area contributed by atoms with Crippen LogP contribution in [0.5, 0.6) is 0 Å². The van der Waals surface area contributed by atoms with E-state index in [1.807, 2.05) is 43.3 Å². The molecule has 1 aromatic heterocycles. The number of aryl methyl sites for hydroxylation is 1. The molecule has 0 radical (unpaired) electrons. The third kappa shape index (κ3) is 4.18. The van der Waals surface area contributed by atoms with Gasteiger partial charge in [0, 0.05) is 6.54 Å². The number of aromatic nitrogens is 3. The van der Waals surface area contributed by atoms with Crippen LogP contribution >= 0.6 is 0 Å². The van der Waals surface area contributed by atoms with E-state index in [-0.39, 0.29) is 12.2 Å². The maximum atomic E-state index is 13.1. The van der Waals surface area contributed by atoms with E-state index < -0.39 is 17.2 Å². The Morgan fingerprint density at radius 1 is 1.10 bits per heavy atom. The number of nitrogens with zero attached hydrogens (tertiary/aromatic N) is 3. The highest BCUT2D eigenvalue weighted by molar-refractivity contribution is 5.91. The lowest BCUT2D eigenvalue weighted by Gasteiger charge is -2.12. The first-order valence-electron chi connectivity index (χ1n) is 9.66. The average molecular weight is 390 g/mol. The fraction of sp³-hybridized carbons (Fsp3) is 0.273. The van der Waals surface area contributed by atoms with Crippen LogP contribution in [-0.4, -0.2) is 26.8 Å². The van der Waals surface area contributed by atoms with Gasteiger partial charge in [0.15, 0.2) is 0 Å². The molecule has 7 heteroatoms. The number of hydrogen-bond acceptors (Lipinski definition) is 4. The molecular formula is C22H22N4O3. The molecule has 3 aromatic rings. The molecule has 1 heterocycles. The second-order valence-electron chi connectivity index (χ2n) is 7.41. The molecule has 148 valence electrons. The van der Waals surface area contributed by atoms with Crippen LogP contribution < -0.4 is 16.6 Å². The predicted molar refractivity (Wildman–Crippen MR) is 109 cm³/mol. The Hall–Kier alpha value is -3.48. The Bertz CT molecular complexity index is 1160. The fourth-order valence-corrected chi connectivity index (χ4v) is 3.13. The molecule has 0 unspecified atom stereocenters. The van der Waals surface area contributed by atoms with Crippen LogP contribution in [0.2, 0.25) is 0 Å². The van der Waals surface area contributed by atoms with Crippen molar-refractivity contribution in [3.63, 3.8) is 0 Å². The summed E-state index contributed by atoms with van der Waals surface area (Å²) in [6.45, 7) is 2.48. The van der Waals surface area contributed by atoms with Crippen molar-refractivity contribution in [3.05, 3.63) is 92.3 Å². The molecule has 0 aliphatic heterocycles. The van der Waals surface area contributed by atoms with Gasteiger partial charge in [-0.2, -0.15) is 9.78 Å². The summed E-state index contributed by atoms with van der Waals surface area (Å²) in [5.74, 6) is -0.0849. The van der Waals surface area contributed by atoms with Crippen molar-refractivity contribution in [2.24, 2.45) is 5.92 Å². The van der Waals surface area contributed by atoms with Crippen molar-refractivity contribution in [2.45, 2.75) is 26.3 Å². The minimum Gasteiger partial charge on any atom is -0.350 e. The van der Waals surface area contributed by atoms with Gasteiger partial charge in [-0.05, 0) is 48.9 Å². The van der Waals surface area contributed by atoms with E-state index in [4.69, 9.17) is 0 Å². The number of benzene rings is 2. The van der Waals surface area contributed by atoms with Crippen molar-refractivity contribution < 1.29 is 4.79 Å². The lowest BCUT2D eigenvalue weighted by atomic mass is 10.2. The van der Waals surface area contributed by atoms with Gasteiger partial charge >= 0.3 is 5.69 Å². The molecule has 1 fully saturated rings. The molecule has 1 N–H and O–H groups in total. The van der Waals surface area contributed by atoms with Crippen molar-refractivity contribution in [1.29, 1.82) is 0 Å². The molecule has 0 atom stereocenters. The molecule has 29 heavy (non-hydrogen) atoms. The summed E-state index contributed by atoms with van der Waals surface area (Å²) >= 11 is 0. The normalized spacial score (nSPS) is 13.3. The maximum absolute atomic E-state index is 13.1. The molecule has 1 aliphatic rings. The molecule has 0 saturated heterocycles. The largest absolute Gasteiger partial charge is 0.352 e. The van der Waals surface area contributed by atoms with Gasteiger partial charge in [0.2, 0.25) is 5.69 Å². The molecule has 4 rings (SSSR count). The number of amides is 1. The molecule has 2 aromatic carbocycles. The molecule has 1 amide bonds. The van der Waals surface area contributed by atoms with E-state index in [1.165, 1.54) is 0 Å². The first kappa shape index (κ1) is 18.9. The van der Waals surface area contributed by atoms with Crippen LogP contribution in [0.25, 0.3) is 5.69 Å². The number of rotatable bonds is 6. The van der Waals surface area contributed by atoms with Gasteiger partial charge in [-0.1, -0.05) is 42.5 Å². The minimum absolute atomic E-state index is 0.0652. The smallest absolute Gasteiger partial charge is 0.350 e. The van der Waals surface area contributed by atoms with Gasteiger partial charge in [0.05, 0.1) is 12.2 Å². The third-order valence-corrected chi connectivity index (χ3v) is 4.95. The Morgan fingerprint density at radius 3 is 2.55 bits per heavy atom. The predicted octanol–water partition coefficient (Wildman–Crippen LogP) is 1.89. The summed E-state index contributed by atoms with van der Waals surface area (Å²) in [7, 11) is 0. The SMILES string of the molecule is Cc1cccc(-n2nc(C(=O)NCC3CC3)c(=O)n(Cc3ccccc3)c2=O)c1. The zero-order valence-electron chi connectivity index (χ0n) is 16.2. The van der Waals surface area contributed by atoms with Crippen LogP contribution in [0.15, 0.2) is 64.2 Å². The second kappa shape index (κ2) is 7.87. The fourth-order valence-electron chi connectivity index (χ4n) is 3.13.